The van der Waals surface area contributed by atoms with Crippen molar-refractivity contribution in [3.05, 3.63) is 17.5 Å². The minimum absolute atomic E-state index is 0.0553. The molecule has 100 valence electrons. The van der Waals surface area contributed by atoms with Crippen molar-refractivity contribution in [1.29, 1.82) is 0 Å². The minimum Gasteiger partial charge on any atom is -0.481 e. The maximum atomic E-state index is 11.7. The van der Waals surface area contributed by atoms with E-state index in [0.29, 0.717) is 24.6 Å². The molecule has 0 aliphatic carbocycles. The van der Waals surface area contributed by atoms with Gasteiger partial charge in [0, 0.05) is 25.7 Å². The summed E-state index contributed by atoms with van der Waals surface area (Å²) in [6.45, 7) is 4.41. The highest BCUT2D eigenvalue weighted by Crippen LogP contribution is 2.14. The van der Waals surface area contributed by atoms with Crippen LogP contribution in [0.2, 0.25) is 0 Å². The lowest BCUT2D eigenvalue weighted by atomic mass is 10.1. The third-order valence-electron chi connectivity index (χ3n) is 2.59. The van der Waals surface area contributed by atoms with Gasteiger partial charge >= 0.3 is 5.97 Å². The third-order valence-corrected chi connectivity index (χ3v) is 2.59. The first kappa shape index (κ1) is 14.2. The van der Waals surface area contributed by atoms with Crippen LogP contribution in [-0.4, -0.2) is 33.3 Å². The molecule has 1 amide bonds. The molecule has 0 aliphatic heterocycles. The highest BCUT2D eigenvalue weighted by Gasteiger charge is 2.14. The predicted octanol–water partition coefficient (Wildman–Crippen LogP) is 1.14. The first-order chi connectivity index (χ1) is 8.41. The molecule has 6 heteroatoms. The van der Waals surface area contributed by atoms with Crippen LogP contribution in [0.25, 0.3) is 0 Å². The maximum Gasteiger partial charge on any atom is 0.303 e. The van der Waals surface area contributed by atoms with Gasteiger partial charge in [-0.25, -0.2) is 0 Å². The van der Waals surface area contributed by atoms with Gasteiger partial charge in [-0.2, -0.15) is 5.10 Å². The van der Waals surface area contributed by atoms with Gasteiger partial charge < -0.3 is 10.4 Å². The molecule has 0 bridgehead atoms. The zero-order valence-corrected chi connectivity index (χ0v) is 10.9. The first-order valence-corrected chi connectivity index (χ1v) is 5.95. The molecule has 0 aromatic carbocycles. The molecular formula is C12H19N3O3. The number of nitrogens with zero attached hydrogens (tertiary/aromatic N) is 2. The Balaban J connectivity index is 2.52. The van der Waals surface area contributed by atoms with Crippen LogP contribution in [0, 0.1) is 0 Å². The summed E-state index contributed by atoms with van der Waals surface area (Å²) in [4.78, 5) is 22.1. The van der Waals surface area contributed by atoms with E-state index in [9.17, 15) is 9.59 Å². The standard InChI is InChI=1S/C12H19N3O3/c1-8(2)10-7-9(14-15(10)3)12(18)13-6-4-5-11(16)17/h7-8H,4-6H2,1-3H3,(H,13,18)(H,16,17). The number of carbonyl (C=O) groups excluding carboxylic acids is 1. The fourth-order valence-corrected chi connectivity index (χ4v) is 1.67. The van der Waals surface area contributed by atoms with Gasteiger partial charge in [-0.3, -0.25) is 14.3 Å². The van der Waals surface area contributed by atoms with E-state index in [1.165, 1.54) is 0 Å². The van der Waals surface area contributed by atoms with E-state index >= 15 is 0 Å². The second-order valence-corrected chi connectivity index (χ2v) is 4.49. The van der Waals surface area contributed by atoms with Crippen molar-refractivity contribution in [2.75, 3.05) is 6.54 Å². The number of hydrogen-bond acceptors (Lipinski definition) is 3. The van der Waals surface area contributed by atoms with Gasteiger partial charge in [0.05, 0.1) is 0 Å². The number of carboxylic acid groups (broad SMARTS) is 1. The van der Waals surface area contributed by atoms with Crippen LogP contribution in [0.3, 0.4) is 0 Å². The molecule has 0 radical (unpaired) electrons. The van der Waals surface area contributed by atoms with E-state index in [1.54, 1.807) is 17.8 Å². The SMILES string of the molecule is CC(C)c1cc(C(=O)NCCCC(=O)O)nn1C. The fourth-order valence-electron chi connectivity index (χ4n) is 1.67. The molecule has 0 fully saturated rings. The Morgan fingerprint density at radius 3 is 2.67 bits per heavy atom. The van der Waals surface area contributed by atoms with E-state index in [4.69, 9.17) is 5.11 Å². The number of rotatable bonds is 6. The molecule has 18 heavy (non-hydrogen) atoms. The number of amides is 1. The molecule has 6 nitrogen and oxygen atoms in total. The number of aryl methyl sites for hydroxylation is 1. The molecule has 0 aliphatic rings. The van der Waals surface area contributed by atoms with Gasteiger partial charge in [0.1, 0.15) is 5.69 Å². The zero-order chi connectivity index (χ0) is 13.7. The van der Waals surface area contributed by atoms with E-state index in [1.807, 2.05) is 13.8 Å². The Bertz CT molecular complexity index is 438. The largest absolute Gasteiger partial charge is 0.481 e. The quantitative estimate of drug-likeness (QED) is 0.744. The first-order valence-electron chi connectivity index (χ1n) is 5.95. The summed E-state index contributed by atoms with van der Waals surface area (Å²) in [5.41, 5.74) is 1.36. The number of hydrogen-bond donors (Lipinski definition) is 2. The molecule has 0 spiro atoms. The van der Waals surface area contributed by atoms with Crippen LogP contribution in [-0.2, 0) is 11.8 Å². The second-order valence-electron chi connectivity index (χ2n) is 4.49. The minimum atomic E-state index is -0.857. The summed E-state index contributed by atoms with van der Waals surface area (Å²) in [5, 5.41) is 15.3. The number of nitrogens with one attached hydrogen (secondary N) is 1. The Morgan fingerprint density at radius 2 is 2.17 bits per heavy atom. The molecule has 0 unspecified atom stereocenters. The Kier molecular flexibility index (Phi) is 4.88. The highest BCUT2D eigenvalue weighted by atomic mass is 16.4. The second kappa shape index (κ2) is 6.18. The van der Waals surface area contributed by atoms with Crippen molar-refractivity contribution in [2.45, 2.75) is 32.6 Å². The lowest BCUT2D eigenvalue weighted by Crippen LogP contribution is -2.25. The van der Waals surface area contributed by atoms with Crippen LogP contribution in [0.1, 0.15) is 48.8 Å². The van der Waals surface area contributed by atoms with E-state index in [0.717, 1.165) is 5.69 Å². The van der Waals surface area contributed by atoms with Crippen LogP contribution in [0.15, 0.2) is 6.07 Å². The molecule has 0 saturated heterocycles. The van der Waals surface area contributed by atoms with Crippen molar-refractivity contribution in [3.63, 3.8) is 0 Å². The average molecular weight is 253 g/mol. The summed E-state index contributed by atoms with van der Waals surface area (Å²) >= 11 is 0. The molecule has 1 heterocycles. The van der Waals surface area contributed by atoms with Crippen LogP contribution >= 0.6 is 0 Å². The summed E-state index contributed by atoms with van der Waals surface area (Å²) in [7, 11) is 1.80. The van der Waals surface area contributed by atoms with Crippen LogP contribution < -0.4 is 5.32 Å². The van der Waals surface area contributed by atoms with Gasteiger partial charge in [-0.15, -0.1) is 0 Å². The highest BCUT2D eigenvalue weighted by molar-refractivity contribution is 5.92. The molecule has 1 aromatic heterocycles. The average Bonchev–Trinajstić information content (AvgIpc) is 2.66. The van der Waals surface area contributed by atoms with Gasteiger partial charge in [0.2, 0.25) is 0 Å². The molecule has 1 aromatic rings. The van der Waals surface area contributed by atoms with Crippen LogP contribution in [0.4, 0.5) is 0 Å². The lowest BCUT2D eigenvalue weighted by Gasteiger charge is -2.02. The van der Waals surface area contributed by atoms with Gasteiger partial charge in [0.15, 0.2) is 0 Å². The Hall–Kier alpha value is -1.85. The zero-order valence-electron chi connectivity index (χ0n) is 10.9. The van der Waals surface area contributed by atoms with E-state index < -0.39 is 5.97 Å². The predicted molar refractivity (Wildman–Crippen MR) is 66.5 cm³/mol. The molecule has 0 saturated carbocycles. The van der Waals surface area contributed by atoms with Crippen molar-refractivity contribution in [1.82, 2.24) is 15.1 Å². The number of carbonyl (C=O) groups is 2. The molecular weight excluding hydrogens is 234 g/mol. The van der Waals surface area contributed by atoms with Crippen LogP contribution in [0.5, 0.6) is 0 Å². The molecule has 0 atom stereocenters. The van der Waals surface area contributed by atoms with Gasteiger partial charge in [0.25, 0.3) is 5.91 Å². The summed E-state index contributed by atoms with van der Waals surface area (Å²) in [6.07, 6.45) is 0.477. The van der Waals surface area contributed by atoms with Gasteiger partial charge in [-0.05, 0) is 18.4 Å². The maximum absolute atomic E-state index is 11.7. The Morgan fingerprint density at radius 1 is 1.50 bits per heavy atom. The summed E-state index contributed by atoms with van der Waals surface area (Å²) < 4.78 is 1.69. The molecule has 1 rings (SSSR count). The number of aliphatic carboxylic acids is 1. The lowest BCUT2D eigenvalue weighted by molar-refractivity contribution is -0.137. The summed E-state index contributed by atoms with van der Waals surface area (Å²) in [5.74, 6) is -0.817. The van der Waals surface area contributed by atoms with Gasteiger partial charge in [-0.1, -0.05) is 13.8 Å². The fraction of sp³-hybridized carbons (Fsp3) is 0.583. The smallest absolute Gasteiger partial charge is 0.303 e. The Labute approximate surface area is 106 Å². The summed E-state index contributed by atoms with van der Waals surface area (Å²) in [6, 6.07) is 1.76. The third kappa shape index (κ3) is 3.87. The van der Waals surface area contributed by atoms with Crippen molar-refractivity contribution >= 4 is 11.9 Å². The van der Waals surface area contributed by atoms with E-state index in [-0.39, 0.29) is 12.3 Å². The number of carboxylic acids is 1. The monoisotopic (exact) mass is 253 g/mol. The van der Waals surface area contributed by atoms with Crippen molar-refractivity contribution < 1.29 is 14.7 Å². The topological polar surface area (TPSA) is 84.2 Å². The van der Waals surface area contributed by atoms with Crippen molar-refractivity contribution in [3.8, 4) is 0 Å². The molecule has 2 N–H and O–H groups in total. The number of aromatic nitrogens is 2. The van der Waals surface area contributed by atoms with E-state index in [2.05, 4.69) is 10.4 Å². The normalized spacial score (nSPS) is 10.7. The van der Waals surface area contributed by atoms with Crippen molar-refractivity contribution in [2.24, 2.45) is 7.05 Å².